The van der Waals surface area contributed by atoms with Crippen LogP contribution in [-0.4, -0.2) is 50.3 Å². The van der Waals surface area contributed by atoms with Crippen molar-refractivity contribution in [3.8, 4) is 17.1 Å². The summed E-state index contributed by atoms with van der Waals surface area (Å²) in [5.41, 5.74) is 0.789. The molecule has 9 nitrogen and oxygen atoms in total. The third kappa shape index (κ3) is 5.40. The van der Waals surface area contributed by atoms with Crippen LogP contribution in [0.5, 0.6) is 5.75 Å². The van der Waals surface area contributed by atoms with Gasteiger partial charge in [0.15, 0.2) is 11.9 Å². The summed E-state index contributed by atoms with van der Waals surface area (Å²) in [6.45, 7) is 1.90. The van der Waals surface area contributed by atoms with Crippen LogP contribution in [0.15, 0.2) is 47.0 Å². The quantitative estimate of drug-likeness (QED) is 0.373. The Kier molecular flexibility index (Phi) is 7.03. The topological polar surface area (TPSA) is 135 Å². The highest BCUT2D eigenvalue weighted by atomic mass is 19.1. The maximum absolute atomic E-state index is 14.8. The number of hydrogen-bond acceptors (Lipinski definition) is 8. The Bertz CT molecular complexity index is 1290. The van der Waals surface area contributed by atoms with E-state index in [1.165, 1.54) is 12.1 Å². The molecule has 194 valence electrons. The Morgan fingerprint density at radius 1 is 1.14 bits per heavy atom. The van der Waals surface area contributed by atoms with Crippen molar-refractivity contribution in [1.29, 1.82) is 0 Å². The zero-order chi connectivity index (χ0) is 26.1. The van der Waals surface area contributed by atoms with Gasteiger partial charge in [0.1, 0.15) is 17.7 Å². The highest BCUT2D eigenvalue weighted by molar-refractivity contribution is 5.99. The minimum atomic E-state index is -1.08. The molecular weight excluding hydrogens is 481 g/mol. The molecule has 0 bridgehead atoms. The van der Waals surface area contributed by atoms with Gasteiger partial charge in [-0.15, -0.1) is 0 Å². The van der Waals surface area contributed by atoms with Gasteiger partial charge in [0.05, 0.1) is 17.7 Å². The van der Waals surface area contributed by atoms with Gasteiger partial charge in [-0.25, -0.2) is 4.39 Å². The molecule has 2 aromatic carbocycles. The van der Waals surface area contributed by atoms with Gasteiger partial charge in [-0.1, -0.05) is 18.1 Å². The lowest BCUT2D eigenvalue weighted by Gasteiger charge is -2.18. The lowest BCUT2D eigenvalue weighted by atomic mass is 10.1. The monoisotopic (exact) mass is 509 g/mol. The molecule has 37 heavy (non-hydrogen) atoms. The van der Waals surface area contributed by atoms with Gasteiger partial charge in [0.25, 0.3) is 11.8 Å². The average Bonchev–Trinajstić information content (AvgIpc) is 3.56. The maximum atomic E-state index is 14.8. The Morgan fingerprint density at radius 3 is 2.51 bits per heavy atom. The number of nitrogens with one attached hydrogen (secondary N) is 1. The maximum Gasteiger partial charge on any atom is 0.268 e. The molecule has 2 aliphatic carbocycles. The summed E-state index contributed by atoms with van der Waals surface area (Å²) in [5.74, 6) is -0.242. The van der Waals surface area contributed by atoms with E-state index < -0.39 is 36.1 Å². The molecule has 2 saturated carbocycles. The second kappa shape index (κ2) is 10.4. The number of carbonyl (C=O) groups is 2. The smallest absolute Gasteiger partial charge is 0.268 e. The molecule has 1 unspecified atom stereocenters. The van der Waals surface area contributed by atoms with Crippen molar-refractivity contribution in [2.45, 2.75) is 63.4 Å². The minimum absolute atomic E-state index is 0.141. The Hall–Kier alpha value is -3.63. The number of hydrogen-bond donors (Lipinski definition) is 3. The minimum Gasteiger partial charge on any atom is -0.481 e. The van der Waals surface area contributed by atoms with E-state index in [0.717, 1.165) is 18.9 Å². The summed E-state index contributed by atoms with van der Waals surface area (Å²) in [4.78, 5) is 29.0. The van der Waals surface area contributed by atoms with Gasteiger partial charge in [0.2, 0.25) is 5.82 Å². The molecule has 1 heterocycles. The lowest BCUT2D eigenvalue weighted by molar-refractivity contribution is 0.0296. The van der Waals surface area contributed by atoms with Crippen LogP contribution < -0.4 is 10.1 Å². The van der Waals surface area contributed by atoms with E-state index in [2.05, 4.69) is 15.5 Å². The Morgan fingerprint density at radius 2 is 1.89 bits per heavy atom. The van der Waals surface area contributed by atoms with Crippen LogP contribution in [0.25, 0.3) is 11.4 Å². The van der Waals surface area contributed by atoms with Gasteiger partial charge >= 0.3 is 0 Å². The fraction of sp³-hybridized carbons (Fsp3) is 0.407. The van der Waals surface area contributed by atoms with Crippen molar-refractivity contribution in [2.75, 3.05) is 0 Å². The zero-order valence-corrected chi connectivity index (χ0v) is 20.3. The number of halogens is 1. The van der Waals surface area contributed by atoms with Gasteiger partial charge in [-0.2, -0.15) is 4.98 Å². The molecule has 0 spiro atoms. The number of aliphatic hydroxyl groups excluding tert-OH is 2. The molecule has 0 saturated heterocycles. The number of aromatic nitrogens is 2. The van der Waals surface area contributed by atoms with E-state index in [-0.39, 0.29) is 29.0 Å². The largest absolute Gasteiger partial charge is 0.481 e. The standard InChI is InChI=1S/C27H28FN3O6/c1-2-22(36-17-8-5-15(6-9-17)23(33)14-3-4-14)27-30-25(31-37-27)16-7-10-18(19(28)13-16)26(35)29-20-11-12-21(32)24(20)34/h5-10,13-14,20-22,24,32,34H,2-4,11-12H2,1H3,(H,29,35)/t20-,21-,22+,24?/m0/s1. The predicted molar refractivity (Wildman–Crippen MR) is 129 cm³/mol. The normalized spacial score (nSPS) is 22.0. The van der Waals surface area contributed by atoms with Crippen molar-refractivity contribution < 1.29 is 33.5 Å². The van der Waals surface area contributed by atoms with E-state index >= 15 is 0 Å². The first-order chi connectivity index (χ1) is 17.8. The van der Waals surface area contributed by atoms with Gasteiger partial charge in [-0.3, -0.25) is 9.59 Å². The van der Waals surface area contributed by atoms with Crippen LogP contribution in [0.3, 0.4) is 0 Å². The third-order valence-corrected chi connectivity index (χ3v) is 6.82. The van der Waals surface area contributed by atoms with Crippen molar-refractivity contribution in [1.82, 2.24) is 15.5 Å². The zero-order valence-electron chi connectivity index (χ0n) is 20.3. The molecule has 4 atom stereocenters. The van der Waals surface area contributed by atoms with Crippen LogP contribution in [0.1, 0.15) is 71.7 Å². The molecule has 2 fully saturated rings. The van der Waals surface area contributed by atoms with Crippen molar-refractivity contribution in [2.24, 2.45) is 5.92 Å². The number of benzene rings is 2. The highest BCUT2D eigenvalue weighted by Crippen LogP contribution is 2.33. The first kappa shape index (κ1) is 25.0. The van der Waals surface area contributed by atoms with E-state index in [9.17, 15) is 24.2 Å². The summed E-state index contributed by atoms with van der Waals surface area (Å²) >= 11 is 0. The summed E-state index contributed by atoms with van der Waals surface area (Å²) in [5, 5.41) is 26.1. The number of carbonyl (C=O) groups excluding carboxylic acids is 2. The lowest BCUT2D eigenvalue weighted by Crippen LogP contribution is -2.43. The van der Waals surface area contributed by atoms with Crippen molar-refractivity contribution in [3.63, 3.8) is 0 Å². The van der Waals surface area contributed by atoms with Crippen LogP contribution in [0.2, 0.25) is 0 Å². The summed E-state index contributed by atoms with van der Waals surface area (Å²) in [6.07, 6.45) is 0.657. The average molecular weight is 510 g/mol. The number of rotatable bonds is 9. The molecule has 3 aromatic rings. The van der Waals surface area contributed by atoms with Gasteiger partial charge in [-0.05, 0) is 68.5 Å². The van der Waals surface area contributed by atoms with Crippen molar-refractivity contribution in [3.05, 3.63) is 65.3 Å². The SMILES string of the molecule is CC[C@@H](Oc1ccc(C(=O)C2CC2)cc1)c1nc(-c2ccc(C(=O)N[C@H]3CC[C@H](O)C3O)c(F)c2)no1. The van der Waals surface area contributed by atoms with E-state index in [1.807, 2.05) is 6.92 Å². The van der Waals surface area contributed by atoms with Gasteiger partial charge in [0, 0.05) is 17.0 Å². The molecule has 1 aromatic heterocycles. The summed E-state index contributed by atoms with van der Waals surface area (Å²) in [6, 6.07) is 10.3. The molecule has 0 radical (unpaired) electrons. The van der Waals surface area contributed by atoms with E-state index in [0.29, 0.717) is 36.1 Å². The molecule has 1 amide bonds. The fourth-order valence-electron chi connectivity index (χ4n) is 4.44. The molecule has 0 aliphatic heterocycles. The Labute approximate surface area is 212 Å². The predicted octanol–water partition coefficient (Wildman–Crippen LogP) is 3.61. The molecular formula is C27H28FN3O6. The number of ether oxygens (including phenoxy) is 1. The number of aliphatic hydroxyl groups is 2. The first-order valence-electron chi connectivity index (χ1n) is 12.5. The van der Waals surface area contributed by atoms with Crippen LogP contribution in [0, 0.1) is 11.7 Å². The number of Topliss-reactive ketones (excluding diaryl/α,β-unsaturated/α-hetero) is 1. The second-order valence-electron chi connectivity index (χ2n) is 9.54. The summed E-state index contributed by atoms with van der Waals surface area (Å²) < 4.78 is 26.2. The van der Waals surface area contributed by atoms with Gasteiger partial charge < -0.3 is 24.8 Å². The fourth-order valence-corrected chi connectivity index (χ4v) is 4.44. The van der Waals surface area contributed by atoms with E-state index in [1.54, 1.807) is 24.3 Å². The third-order valence-electron chi connectivity index (χ3n) is 6.82. The molecule has 3 N–H and O–H groups in total. The first-order valence-corrected chi connectivity index (χ1v) is 12.5. The second-order valence-corrected chi connectivity index (χ2v) is 9.54. The molecule has 5 rings (SSSR count). The number of nitrogens with zero attached hydrogens (tertiary/aromatic N) is 2. The van der Waals surface area contributed by atoms with Crippen LogP contribution in [0.4, 0.5) is 4.39 Å². The van der Waals surface area contributed by atoms with Crippen molar-refractivity contribution >= 4 is 11.7 Å². The number of ketones is 1. The van der Waals surface area contributed by atoms with Crippen LogP contribution in [-0.2, 0) is 0 Å². The highest BCUT2D eigenvalue weighted by Gasteiger charge is 2.35. The summed E-state index contributed by atoms with van der Waals surface area (Å²) in [7, 11) is 0. The Balaban J connectivity index is 1.25. The van der Waals surface area contributed by atoms with Crippen LogP contribution >= 0.6 is 0 Å². The molecule has 2 aliphatic rings. The molecule has 10 heteroatoms. The van der Waals surface area contributed by atoms with E-state index in [4.69, 9.17) is 9.26 Å². The number of amides is 1.